The van der Waals surface area contributed by atoms with Crippen molar-refractivity contribution in [3.05, 3.63) is 0 Å². The lowest BCUT2D eigenvalue weighted by atomic mass is 10.2. The minimum absolute atomic E-state index is 0.260. The molecule has 0 spiro atoms. The van der Waals surface area contributed by atoms with Crippen molar-refractivity contribution in [2.75, 3.05) is 6.54 Å². The lowest BCUT2D eigenvalue weighted by molar-refractivity contribution is -0.133. The van der Waals surface area contributed by atoms with Crippen LogP contribution < -0.4 is 0 Å². The Hall–Kier alpha value is -1.13. The number of rotatable bonds is 1. The van der Waals surface area contributed by atoms with Crippen molar-refractivity contribution in [1.82, 2.24) is 4.90 Å². The van der Waals surface area contributed by atoms with Crippen LogP contribution in [0.25, 0.3) is 0 Å². The summed E-state index contributed by atoms with van der Waals surface area (Å²) in [5.41, 5.74) is 0. The van der Waals surface area contributed by atoms with Crippen molar-refractivity contribution in [1.29, 1.82) is 0 Å². The Morgan fingerprint density at radius 2 is 2.18 bits per heavy atom. The fraction of sp³-hybridized carbons (Fsp3) is 0.667. The molecule has 1 aliphatic heterocycles. The molecule has 0 bridgehead atoms. The van der Waals surface area contributed by atoms with E-state index in [1.165, 1.54) is 0 Å². The molecule has 0 radical (unpaired) electrons. The first kappa shape index (κ1) is 7.97. The van der Waals surface area contributed by atoms with Crippen molar-refractivity contribution in [2.24, 2.45) is 0 Å². The average molecular weight is 161 g/mol. The Labute approximate surface area is 62.6 Å². The monoisotopic (exact) mass is 161 g/mol. The minimum atomic E-state index is -1.55. The topological polar surface area (TPSA) is 57.6 Å². The van der Waals surface area contributed by atoms with Crippen LogP contribution in [0.5, 0.6) is 0 Å². The second kappa shape index (κ2) is 2.86. The minimum Gasteiger partial charge on any atom is -0.465 e. The van der Waals surface area contributed by atoms with E-state index in [2.05, 4.69) is 0 Å². The Morgan fingerprint density at radius 1 is 1.55 bits per heavy atom. The van der Waals surface area contributed by atoms with Crippen molar-refractivity contribution in [3.8, 4) is 0 Å². The van der Waals surface area contributed by atoms with E-state index < -0.39 is 18.2 Å². The maximum absolute atomic E-state index is 12.1. The second-order valence-corrected chi connectivity index (χ2v) is 2.44. The summed E-state index contributed by atoms with van der Waals surface area (Å²) in [4.78, 5) is 21.3. The Balaban J connectivity index is 2.65. The Bertz CT molecular complexity index is 174. The number of hydrogen-bond donors (Lipinski definition) is 1. The molecular formula is C6H8FNO3. The summed E-state index contributed by atoms with van der Waals surface area (Å²) in [7, 11) is 0. The molecule has 1 atom stereocenters. The van der Waals surface area contributed by atoms with Crippen LogP contribution in [0.4, 0.5) is 9.18 Å². The van der Waals surface area contributed by atoms with Crippen molar-refractivity contribution in [3.63, 3.8) is 0 Å². The van der Waals surface area contributed by atoms with E-state index in [0.717, 1.165) is 4.90 Å². The SMILES string of the molecule is O=C(F)C1CCCN1C(=O)O. The lowest BCUT2D eigenvalue weighted by Gasteiger charge is -2.15. The van der Waals surface area contributed by atoms with Gasteiger partial charge in [0, 0.05) is 6.54 Å². The summed E-state index contributed by atoms with van der Waals surface area (Å²) in [5.74, 6) is 0. The number of carbonyl (C=O) groups is 2. The largest absolute Gasteiger partial charge is 0.465 e. The highest BCUT2D eigenvalue weighted by atomic mass is 19.1. The highest BCUT2D eigenvalue weighted by molar-refractivity contribution is 5.80. The molecule has 5 heteroatoms. The van der Waals surface area contributed by atoms with Crippen molar-refractivity contribution in [2.45, 2.75) is 18.9 Å². The molecule has 0 aliphatic carbocycles. The normalized spacial score (nSPS) is 23.7. The van der Waals surface area contributed by atoms with Crippen molar-refractivity contribution < 1.29 is 19.1 Å². The van der Waals surface area contributed by atoms with E-state index in [9.17, 15) is 14.0 Å². The van der Waals surface area contributed by atoms with Crippen LogP contribution >= 0.6 is 0 Å². The van der Waals surface area contributed by atoms with E-state index in [0.29, 0.717) is 12.8 Å². The van der Waals surface area contributed by atoms with Crippen LogP contribution in [-0.4, -0.2) is 34.7 Å². The van der Waals surface area contributed by atoms with Gasteiger partial charge in [-0.1, -0.05) is 0 Å². The molecule has 1 saturated heterocycles. The molecule has 0 aromatic rings. The zero-order valence-electron chi connectivity index (χ0n) is 5.79. The average Bonchev–Trinajstić information content (AvgIpc) is 2.32. The molecule has 0 saturated carbocycles. The quantitative estimate of drug-likeness (QED) is 0.573. The van der Waals surface area contributed by atoms with E-state index in [1.54, 1.807) is 0 Å². The van der Waals surface area contributed by atoms with Gasteiger partial charge in [-0.15, -0.1) is 0 Å². The van der Waals surface area contributed by atoms with Gasteiger partial charge in [-0.2, -0.15) is 4.39 Å². The number of hydrogen-bond acceptors (Lipinski definition) is 2. The molecule has 1 rings (SSSR count). The zero-order valence-corrected chi connectivity index (χ0v) is 5.79. The zero-order chi connectivity index (χ0) is 8.43. The highest BCUT2D eigenvalue weighted by Gasteiger charge is 2.33. The molecule has 0 aromatic heterocycles. The molecule has 1 aliphatic rings. The number of carbonyl (C=O) groups excluding carboxylic acids is 1. The van der Waals surface area contributed by atoms with Gasteiger partial charge in [0.2, 0.25) is 0 Å². The summed E-state index contributed by atoms with van der Waals surface area (Å²) >= 11 is 0. The third-order valence-electron chi connectivity index (χ3n) is 1.76. The first-order valence-electron chi connectivity index (χ1n) is 3.32. The molecule has 1 N–H and O–H groups in total. The van der Waals surface area contributed by atoms with Crippen LogP contribution in [-0.2, 0) is 4.79 Å². The van der Waals surface area contributed by atoms with Crippen LogP contribution in [0.1, 0.15) is 12.8 Å². The summed E-state index contributed by atoms with van der Waals surface area (Å²) in [6, 6.07) is -2.60. The van der Waals surface area contributed by atoms with Gasteiger partial charge in [0.1, 0.15) is 6.04 Å². The highest BCUT2D eigenvalue weighted by Crippen LogP contribution is 2.17. The number of carboxylic acid groups (broad SMARTS) is 1. The van der Waals surface area contributed by atoms with E-state index in [4.69, 9.17) is 5.11 Å². The third kappa shape index (κ3) is 1.47. The maximum atomic E-state index is 12.1. The third-order valence-corrected chi connectivity index (χ3v) is 1.76. The van der Waals surface area contributed by atoms with Crippen LogP contribution in [0, 0.1) is 0 Å². The predicted octanol–water partition coefficient (Wildman–Crippen LogP) is 0.625. The van der Waals surface area contributed by atoms with E-state index in [1.807, 2.05) is 0 Å². The Kier molecular flexibility index (Phi) is 2.07. The molecule has 0 aromatic carbocycles. The molecule has 1 unspecified atom stereocenters. The summed E-state index contributed by atoms with van der Waals surface area (Å²) in [6.07, 6.45) is -0.354. The smallest absolute Gasteiger partial charge is 0.408 e. The molecule has 62 valence electrons. The molecule has 1 heterocycles. The van der Waals surface area contributed by atoms with Gasteiger partial charge in [0.15, 0.2) is 0 Å². The van der Waals surface area contributed by atoms with Gasteiger partial charge in [-0.3, -0.25) is 9.69 Å². The molecular weight excluding hydrogens is 153 g/mol. The van der Waals surface area contributed by atoms with Gasteiger partial charge in [0.05, 0.1) is 0 Å². The van der Waals surface area contributed by atoms with Gasteiger partial charge in [-0.05, 0) is 12.8 Å². The van der Waals surface area contributed by atoms with Gasteiger partial charge >= 0.3 is 12.1 Å². The molecule has 1 fully saturated rings. The summed E-state index contributed by atoms with van der Waals surface area (Å²) in [5, 5.41) is 8.44. The van der Waals surface area contributed by atoms with Crippen LogP contribution in [0.2, 0.25) is 0 Å². The molecule has 4 nitrogen and oxygen atoms in total. The number of halogens is 1. The van der Waals surface area contributed by atoms with E-state index >= 15 is 0 Å². The van der Waals surface area contributed by atoms with Gasteiger partial charge in [-0.25, -0.2) is 4.79 Å². The van der Waals surface area contributed by atoms with Gasteiger partial charge in [0.25, 0.3) is 0 Å². The molecule has 11 heavy (non-hydrogen) atoms. The number of nitrogens with zero attached hydrogens (tertiary/aromatic N) is 1. The number of likely N-dealkylation sites (tertiary alicyclic amines) is 1. The van der Waals surface area contributed by atoms with E-state index in [-0.39, 0.29) is 6.54 Å². The first-order chi connectivity index (χ1) is 5.13. The maximum Gasteiger partial charge on any atom is 0.408 e. The predicted molar refractivity (Wildman–Crippen MR) is 33.9 cm³/mol. The molecule has 1 amide bonds. The summed E-state index contributed by atoms with van der Waals surface area (Å²) in [6.45, 7) is 0.260. The Morgan fingerprint density at radius 3 is 2.55 bits per heavy atom. The fourth-order valence-electron chi connectivity index (χ4n) is 1.23. The van der Waals surface area contributed by atoms with Crippen LogP contribution in [0.3, 0.4) is 0 Å². The van der Waals surface area contributed by atoms with Crippen molar-refractivity contribution >= 4 is 12.1 Å². The van der Waals surface area contributed by atoms with Gasteiger partial charge < -0.3 is 5.11 Å². The lowest BCUT2D eigenvalue weighted by Crippen LogP contribution is -2.37. The standard InChI is InChI=1S/C6H8FNO3/c7-5(9)4-2-1-3-8(4)6(10)11/h4H,1-3H2,(H,10,11). The fourth-order valence-corrected chi connectivity index (χ4v) is 1.23. The van der Waals surface area contributed by atoms with Crippen LogP contribution in [0.15, 0.2) is 0 Å². The first-order valence-corrected chi connectivity index (χ1v) is 3.32. The summed E-state index contributed by atoms with van der Waals surface area (Å²) < 4.78 is 12.1. The number of amides is 1. The second-order valence-electron chi connectivity index (χ2n) is 2.44.